The van der Waals surface area contributed by atoms with Crippen molar-refractivity contribution in [3.05, 3.63) is 180 Å². The van der Waals surface area contributed by atoms with Crippen LogP contribution in [0.15, 0.2) is 158 Å². The smallest absolute Gasteiger partial charge is 0.0547 e. The lowest BCUT2D eigenvalue weighted by Crippen LogP contribution is -2.33. The van der Waals surface area contributed by atoms with Crippen LogP contribution in [0.25, 0.3) is 49.7 Å². The molecule has 1 aromatic heterocycles. The standard InChI is InChI=1S/C52H48N2/c1-35-32-39(33-36(2)50(35)53(40-18-11-8-12-19-40)41-26-24-38(25-27-41)37-16-9-7-10-17-37)43-21-15-23-48-49(43)44-20-13-14-22-47(44)54(48)42-28-29-45-46(34-42)52(5,6)31-30-51(45,3)4/h7-29,32-34H,30-31H2,1-6H3. The summed E-state index contributed by atoms with van der Waals surface area (Å²) in [4.78, 5) is 2.41. The zero-order chi connectivity index (χ0) is 37.2. The van der Waals surface area contributed by atoms with Crippen LogP contribution in [0, 0.1) is 13.8 Å². The maximum absolute atomic E-state index is 2.50. The van der Waals surface area contributed by atoms with Crippen molar-refractivity contribution < 1.29 is 0 Å². The Balaban J connectivity index is 1.19. The third kappa shape index (κ3) is 5.64. The van der Waals surface area contributed by atoms with Crippen molar-refractivity contribution in [2.45, 2.75) is 65.2 Å². The summed E-state index contributed by atoms with van der Waals surface area (Å²) in [5.74, 6) is 0. The molecular formula is C52H48N2. The first-order valence-electron chi connectivity index (χ1n) is 19.4. The van der Waals surface area contributed by atoms with Gasteiger partial charge in [-0.05, 0) is 143 Å². The Labute approximate surface area is 320 Å². The van der Waals surface area contributed by atoms with Crippen LogP contribution < -0.4 is 4.90 Å². The average Bonchev–Trinajstić information content (AvgIpc) is 3.53. The van der Waals surface area contributed by atoms with Crippen LogP contribution >= 0.6 is 0 Å². The highest BCUT2D eigenvalue weighted by Crippen LogP contribution is 2.48. The van der Waals surface area contributed by atoms with E-state index in [0.717, 1.165) is 11.4 Å². The molecule has 0 fully saturated rings. The number of anilines is 3. The topological polar surface area (TPSA) is 8.17 Å². The molecule has 0 saturated carbocycles. The zero-order valence-electron chi connectivity index (χ0n) is 32.3. The molecule has 0 unspecified atom stereocenters. The number of nitrogens with zero attached hydrogens (tertiary/aromatic N) is 2. The van der Waals surface area contributed by atoms with Crippen molar-refractivity contribution in [2.24, 2.45) is 0 Å². The lowest BCUT2D eigenvalue weighted by Gasteiger charge is -2.42. The van der Waals surface area contributed by atoms with Gasteiger partial charge in [0.2, 0.25) is 0 Å². The summed E-state index contributed by atoms with van der Waals surface area (Å²) in [5, 5.41) is 2.58. The van der Waals surface area contributed by atoms with E-state index in [4.69, 9.17) is 0 Å². The van der Waals surface area contributed by atoms with Gasteiger partial charge >= 0.3 is 0 Å². The van der Waals surface area contributed by atoms with Crippen molar-refractivity contribution in [2.75, 3.05) is 4.90 Å². The van der Waals surface area contributed by atoms with E-state index in [0.29, 0.717) is 0 Å². The summed E-state index contributed by atoms with van der Waals surface area (Å²) >= 11 is 0. The number of aryl methyl sites for hydroxylation is 2. The molecule has 9 rings (SSSR count). The minimum absolute atomic E-state index is 0.138. The third-order valence-electron chi connectivity index (χ3n) is 12.1. The van der Waals surface area contributed by atoms with E-state index in [1.165, 1.54) is 90.5 Å². The second kappa shape index (κ2) is 12.9. The van der Waals surface area contributed by atoms with Gasteiger partial charge in [0.15, 0.2) is 0 Å². The largest absolute Gasteiger partial charge is 0.310 e. The molecule has 8 aromatic rings. The van der Waals surface area contributed by atoms with Gasteiger partial charge in [0, 0.05) is 27.8 Å². The molecular weight excluding hydrogens is 653 g/mol. The minimum Gasteiger partial charge on any atom is -0.310 e. The van der Waals surface area contributed by atoms with E-state index in [1.807, 2.05) is 0 Å². The van der Waals surface area contributed by atoms with Crippen molar-refractivity contribution in [3.8, 4) is 27.9 Å². The Morgan fingerprint density at radius 3 is 1.76 bits per heavy atom. The Morgan fingerprint density at radius 1 is 0.481 bits per heavy atom. The Bertz CT molecular complexity index is 2640. The normalized spacial score (nSPS) is 14.6. The van der Waals surface area contributed by atoms with E-state index >= 15 is 0 Å². The predicted molar refractivity (Wildman–Crippen MR) is 231 cm³/mol. The second-order valence-corrected chi connectivity index (χ2v) is 16.6. The van der Waals surface area contributed by atoms with Gasteiger partial charge in [0.1, 0.15) is 0 Å². The van der Waals surface area contributed by atoms with Crippen molar-refractivity contribution >= 4 is 38.9 Å². The summed E-state index contributed by atoms with van der Waals surface area (Å²) in [7, 11) is 0. The Hall–Kier alpha value is -5.86. The van der Waals surface area contributed by atoms with E-state index in [1.54, 1.807) is 0 Å². The molecule has 0 bridgehead atoms. The molecule has 0 atom stereocenters. The van der Waals surface area contributed by atoms with Crippen LogP contribution in [0.5, 0.6) is 0 Å². The fourth-order valence-electron chi connectivity index (χ4n) is 9.14. The molecule has 0 aliphatic heterocycles. The number of aromatic nitrogens is 1. The molecule has 2 nitrogen and oxygen atoms in total. The van der Waals surface area contributed by atoms with Gasteiger partial charge in [-0.1, -0.05) is 125 Å². The molecule has 0 spiro atoms. The monoisotopic (exact) mass is 700 g/mol. The summed E-state index contributed by atoms with van der Waals surface area (Å²) in [6, 6.07) is 58.2. The van der Waals surface area contributed by atoms with E-state index in [9.17, 15) is 0 Å². The SMILES string of the molecule is Cc1cc(-c2cccc3c2c2ccccc2n3-c2ccc3c(c2)C(C)(C)CCC3(C)C)cc(C)c1N(c1ccccc1)c1ccc(-c2ccccc2)cc1. The molecule has 2 heteroatoms. The molecule has 1 aliphatic carbocycles. The Kier molecular flexibility index (Phi) is 8.12. The average molecular weight is 701 g/mol. The molecule has 1 heterocycles. The maximum atomic E-state index is 2.50. The van der Waals surface area contributed by atoms with E-state index in [2.05, 4.69) is 209 Å². The summed E-state index contributed by atoms with van der Waals surface area (Å²) in [6.45, 7) is 14.2. The molecule has 0 N–H and O–H groups in total. The Morgan fingerprint density at radius 2 is 1.06 bits per heavy atom. The molecule has 0 amide bonds. The minimum atomic E-state index is 0.138. The van der Waals surface area contributed by atoms with Crippen LogP contribution in [0.1, 0.15) is 62.8 Å². The van der Waals surface area contributed by atoms with Crippen LogP contribution in [0.4, 0.5) is 17.1 Å². The zero-order valence-corrected chi connectivity index (χ0v) is 32.3. The van der Waals surface area contributed by atoms with Gasteiger partial charge in [-0.3, -0.25) is 0 Å². The van der Waals surface area contributed by atoms with E-state index < -0.39 is 0 Å². The van der Waals surface area contributed by atoms with Crippen molar-refractivity contribution in [1.82, 2.24) is 4.57 Å². The number of hydrogen-bond acceptors (Lipinski definition) is 1. The summed E-state index contributed by atoms with van der Waals surface area (Å²) < 4.78 is 2.50. The van der Waals surface area contributed by atoms with Gasteiger partial charge in [-0.2, -0.15) is 0 Å². The van der Waals surface area contributed by atoms with Crippen LogP contribution in [0.3, 0.4) is 0 Å². The molecule has 1 aliphatic rings. The van der Waals surface area contributed by atoms with Crippen LogP contribution in [-0.4, -0.2) is 4.57 Å². The van der Waals surface area contributed by atoms with E-state index in [-0.39, 0.29) is 10.8 Å². The van der Waals surface area contributed by atoms with Gasteiger partial charge in [-0.25, -0.2) is 0 Å². The van der Waals surface area contributed by atoms with Crippen molar-refractivity contribution in [1.29, 1.82) is 0 Å². The van der Waals surface area contributed by atoms with Crippen molar-refractivity contribution in [3.63, 3.8) is 0 Å². The first-order chi connectivity index (χ1) is 26.1. The third-order valence-corrected chi connectivity index (χ3v) is 12.1. The first-order valence-corrected chi connectivity index (χ1v) is 19.4. The number of benzene rings is 7. The second-order valence-electron chi connectivity index (χ2n) is 16.6. The number of rotatable bonds is 6. The number of fused-ring (bicyclic) bond motifs is 4. The molecule has 7 aromatic carbocycles. The molecule has 54 heavy (non-hydrogen) atoms. The maximum Gasteiger partial charge on any atom is 0.0547 e. The van der Waals surface area contributed by atoms with Crippen LogP contribution in [0.2, 0.25) is 0 Å². The summed E-state index contributed by atoms with van der Waals surface area (Å²) in [5.41, 5.74) is 17.9. The van der Waals surface area contributed by atoms with Gasteiger partial charge in [0.05, 0.1) is 16.7 Å². The quantitative estimate of drug-likeness (QED) is 0.168. The predicted octanol–water partition coefficient (Wildman–Crippen LogP) is 14.6. The molecule has 0 radical (unpaired) electrons. The van der Waals surface area contributed by atoms with Gasteiger partial charge in [-0.15, -0.1) is 0 Å². The van der Waals surface area contributed by atoms with Crippen LogP contribution in [-0.2, 0) is 10.8 Å². The fraction of sp³-hybridized carbons (Fsp3) is 0.192. The highest BCUT2D eigenvalue weighted by atomic mass is 15.1. The number of para-hydroxylation sites is 2. The number of hydrogen-bond donors (Lipinski definition) is 0. The lowest BCUT2D eigenvalue weighted by molar-refractivity contribution is 0.332. The molecule has 0 saturated heterocycles. The summed E-state index contributed by atoms with van der Waals surface area (Å²) in [6.07, 6.45) is 2.41. The van der Waals surface area contributed by atoms with Gasteiger partial charge in [0.25, 0.3) is 0 Å². The molecule has 266 valence electrons. The highest BCUT2D eigenvalue weighted by molar-refractivity contribution is 6.16. The lowest BCUT2D eigenvalue weighted by atomic mass is 9.63. The first kappa shape index (κ1) is 33.9. The highest BCUT2D eigenvalue weighted by Gasteiger charge is 2.37. The van der Waals surface area contributed by atoms with Gasteiger partial charge < -0.3 is 9.47 Å². The fourth-order valence-corrected chi connectivity index (χ4v) is 9.14.